The first-order chi connectivity index (χ1) is 13.1. The Morgan fingerprint density at radius 2 is 1.59 bits per heavy atom. The number of anilines is 2. The fraction of sp³-hybridized carbons (Fsp3) is 0.333. The number of nitrogens with zero attached hydrogens (tertiary/aromatic N) is 2. The highest BCUT2D eigenvalue weighted by Crippen LogP contribution is 2.42. The van der Waals surface area contributed by atoms with Gasteiger partial charge in [0.05, 0.1) is 27.9 Å². The van der Waals surface area contributed by atoms with Crippen LogP contribution >= 0.6 is 0 Å². The van der Waals surface area contributed by atoms with Crippen LogP contribution in [0.2, 0.25) is 0 Å². The number of aryl methyl sites for hydroxylation is 1. The van der Waals surface area contributed by atoms with Crippen LogP contribution in [0, 0.1) is 0 Å². The highest BCUT2D eigenvalue weighted by molar-refractivity contribution is 5.86. The first-order valence-electron chi connectivity index (χ1n) is 8.84. The highest BCUT2D eigenvalue weighted by atomic mass is 16.5. The quantitative estimate of drug-likeness (QED) is 0.682. The summed E-state index contributed by atoms with van der Waals surface area (Å²) in [6.45, 7) is 2.93. The number of rotatable bonds is 7. The average Bonchev–Trinajstić information content (AvgIpc) is 3.08. The van der Waals surface area contributed by atoms with Crippen molar-refractivity contribution in [1.29, 1.82) is 0 Å². The van der Waals surface area contributed by atoms with Gasteiger partial charge in [-0.15, -0.1) is 0 Å². The first-order valence-corrected chi connectivity index (χ1v) is 8.84. The molecule has 0 unspecified atom stereocenters. The van der Waals surface area contributed by atoms with Gasteiger partial charge in [-0.1, -0.05) is 0 Å². The van der Waals surface area contributed by atoms with Crippen molar-refractivity contribution < 1.29 is 19.3 Å². The summed E-state index contributed by atoms with van der Waals surface area (Å²) < 4.78 is 18.4. The fourth-order valence-electron chi connectivity index (χ4n) is 3.44. The summed E-state index contributed by atoms with van der Waals surface area (Å²) in [5.41, 5.74) is 3.97. The number of fused-ring (bicyclic) bond motifs is 1. The molecule has 2 aromatic carbocycles. The monoisotopic (exact) mass is 370 g/mol. The van der Waals surface area contributed by atoms with Gasteiger partial charge in [0.1, 0.15) is 0 Å². The molecule has 0 bridgehead atoms. The van der Waals surface area contributed by atoms with Gasteiger partial charge in [0.25, 0.3) is 0 Å². The van der Waals surface area contributed by atoms with Crippen LogP contribution in [0.3, 0.4) is 0 Å². The standard InChI is InChI=1S/C21H26N2O4/c1-6-23-17(13-24)10-14-9-15(7-8-18(14)23)22(2)16-11-19(25-3)21(27-5)20(12-16)26-4/h7-12,24H,6,13H2,1-5H3. The Morgan fingerprint density at radius 1 is 0.926 bits per heavy atom. The zero-order chi connectivity index (χ0) is 19.6. The number of hydrogen-bond acceptors (Lipinski definition) is 5. The Morgan fingerprint density at radius 3 is 2.11 bits per heavy atom. The van der Waals surface area contributed by atoms with Gasteiger partial charge < -0.3 is 28.8 Å². The molecular weight excluding hydrogens is 344 g/mol. The first kappa shape index (κ1) is 18.9. The lowest BCUT2D eigenvalue weighted by atomic mass is 10.2. The van der Waals surface area contributed by atoms with Gasteiger partial charge in [-0.2, -0.15) is 0 Å². The van der Waals surface area contributed by atoms with Gasteiger partial charge in [-0.05, 0) is 31.2 Å². The normalized spacial score (nSPS) is 10.9. The highest BCUT2D eigenvalue weighted by Gasteiger charge is 2.16. The maximum absolute atomic E-state index is 9.60. The molecule has 0 saturated carbocycles. The molecule has 1 N–H and O–H groups in total. The van der Waals surface area contributed by atoms with Crippen LogP contribution in [0.15, 0.2) is 36.4 Å². The summed E-state index contributed by atoms with van der Waals surface area (Å²) in [6.07, 6.45) is 0. The molecule has 0 spiro atoms. The van der Waals surface area contributed by atoms with E-state index in [0.717, 1.165) is 34.5 Å². The van der Waals surface area contributed by atoms with Gasteiger partial charge in [0, 0.05) is 53.7 Å². The van der Waals surface area contributed by atoms with E-state index < -0.39 is 0 Å². The lowest BCUT2D eigenvalue weighted by Gasteiger charge is -2.22. The van der Waals surface area contributed by atoms with Crippen molar-refractivity contribution in [2.24, 2.45) is 0 Å². The molecule has 6 nitrogen and oxygen atoms in total. The van der Waals surface area contributed by atoms with E-state index in [2.05, 4.69) is 34.6 Å². The van der Waals surface area contributed by atoms with Crippen molar-refractivity contribution in [3.63, 3.8) is 0 Å². The Bertz CT molecular complexity index is 924. The average molecular weight is 370 g/mol. The lowest BCUT2D eigenvalue weighted by molar-refractivity contribution is 0.272. The van der Waals surface area contributed by atoms with Crippen LogP contribution < -0.4 is 19.1 Å². The maximum Gasteiger partial charge on any atom is 0.203 e. The van der Waals surface area contributed by atoms with E-state index in [9.17, 15) is 5.11 Å². The van der Waals surface area contributed by atoms with E-state index >= 15 is 0 Å². The number of hydrogen-bond donors (Lipinski definition) is 1. The summed E-state index contributed by atoms with van der Waals surface area (Å²) in [4.78, 5) is 2.06. The lowest BCUT2D eigenvalue weighted by Crippen LogP contribution is -2.10. The molecule has 0 aliphatic heterocycles. The molecule has 0 amide bonds. The van der Waals surface area contributed by atoms with E-state index in [1.807, 2.05) is 25.2 Å². The molecule has 144 valence electrons. The Kier molecular flexibility index (Phi) is 5.46. The van der Waals surface area contributed by atoms with E-state index in [4.69, 9.17) is 14.2 Å². The van der Waals surface area contributed by atoms with Crippen molar-refractivity contribution in [2.45, 2.75) is 20.1 Å². The molecule has 3 rings (SSSR count). The number of methoxy groups -OCH3 is 3. The summed E-state index contributed by atoms with van der Waals surface area (Å²) in [6, 6.07) is 12.1. The van der Waals surface area contributed by atoms with Crippen LogP contribution in [0.1, 0.15) is 12.6 Å². The van der Waals surface area contributed by atoms with Crippen LogP contribution in [-0.4, -0.2) is 38.1 Å². The van der Waals surface area contributed by atoms with Crippen molar-refractivity contribution >= 4 is 22.3 Å². The maximum atomic E-state index is 9.60. The zero-order valence-electron chi connectivity index (χ0n) is 16.4. The molecular formula is C21H26N2O4. The van der Waals surface area contributed by atoms with Crippen LogP contribution in [-0.2, 0) is 13.2 Å². The number of aliphatic hydroxyl groups excluding tert-OH is 1. The Balaban J connectivity index is 2.06. The summed E-state index contributed by atoms with van der Waals surface area (Å²) >= 11 is 0. The molecule has 3 aromatic rings. The number of benzene rings is 2. The van der Waals surface area contributed by atoms with Crippen molar-refractivity contribution in [3.05, 3.63) is 42.1 Å². The van der Waals surface area contributed by atoms with E-state index in [1.165, 1.54) is 0 Å². The van der Waals surface area contributed by atoms with Crippen molar-refractivity contribution in [1.82, 2.24) is 4.57 Å². The second kappa shape index (κ2) is 7.80. The number of aliphatic hydroxyl groups is 1. The van der Waals surface area contributed by atoms with Gasteiger partial charge in [0.15, 0.2) is 11.5 Å². The topological polar surface area (TPSA) is 56.1 Å². The van der Waals surface area contributed by atoms with Gasteiger partial charge in [-0.25, -0.2) is 0 Å². The minimum Gasteiger partial charge on any atom is -0.493 e. The van der Waals surface area contributed by atoms with E-state index in [1.54, 1.807) is 21.3 Å². The van der Waals surface area contributed by atoms with Crippen LogP contribution in [0.4, 0.5) is 11.4 Å². The van der Waals surface area contributed by atoms with Crippen molar-refractivity contribution in [2.75, 3.05) is 33.3 Å². The molecule has 0 radical (unpaired) electrons. The second-order valence-corrected chi connectivity index (χ2v) is 6.22. The van der Waals surface area contributed by atoms with Crippen LogP contribution in [0.5, 0.6) is 17.2 Å². The fourth-order valence-corrected chi connectivity index (χ4v) is 3.44. The smallest absolute Gasteiger partial charge is 0.203 e. The molecule has 0 saturated heterocycles. The third kappa shape index (κ3) is 3.28. The molecule has 27 heavy (non-hydrogen) atoms. The molecule has 6 heteroatoms. The van der Waals surface area contributed by atoms with Gasteiger partial charge >= 0.3 is 0 Å². The van der Waals surface area contributed by atoms with Gasteiger partial charge in [0.2, 0.25) is 5.75 Å². The third-order valence-corrected chi connectivity index (χ3v) is 4.87. The molecule has 0 fully saturated rings. The SMILES string of the molecule is CCn1c(CO)cc2cc(N(C)c3cc(OC)c(OC)c(OC)c3)ccc21. The predicted octanol–water partition coefficient (Wildman–Crippen LogP) is 3.95. The molecule has 1 aromatic heterocycles. The van der Waals surface area contributed by atoms with Crippen molar-refractivity contribution in [3.8, 4) is 17.2 Å². The summed E-state index contributed by atoms with van der Waals surface area (Å²) in [5.74, 6) is 1.79. The second-order valence-electron chi connectivity index (χ2n) is 6.22. The zero-order valence-corrected chi connectivity index (χ0v) is 16.4. The summed E-state index contributed by atoms with van der Waals surface area (Å²) in [7, 11) is 6.80. The molecule has 0 aliphatic carbocycles. The van der Waals surface area contributed by atoms with E-state index in [-0.39, 0.29) is 6.61 Å². The van der Waals surface area contributed by atoms with Crippen LogP contribution in [0.25, 0.3) is 10.9 Å². The number of aromatic nitrogens is 1. The Hall–Kier alpha value is -2.86. The summed E-state index contributed by atoms with van der Waals surface area (Å²) in [5, 5.41) is 10.7. The molecule has 0 atom stereocenters. The molecule has 1 heterocycles. The minimum absolute atomic E-state index is 0.0283. The minimum atomic E-state index is 0.0283. The molecule has 0 aliphatic rings. The Labute approximate surface area is 159 Å². The van der Waals surface area contributed by atoms with E-state index in [0.29, 0.717) is 17.2 Å². The van der Waals surface area contributed by atoms with Gasteiger partial charge in [-0.3, -0.25) is 0 Å². The number of ether oxygens (including phenoxy) is 3. The largest absolute Gasteiger partial charge is 0.493 e. The third-order valence-electron chi connectivity index (χ3n) is 4.87. The predicted molar refractivity (Wildman–Crippen MR) is 108 cm³/mol.